The Morgan fingerprint density at radius 2 is 1.97 bits per heavy atom. The maximum atomic E-state index is 14.3. The van der Waals surface area contributed by atoms with Crippen molar-refractivity contribution < 1.29 is 23.1 Å². The molecule has 0 spiro atoms. The zero-order chi connectivity index (χ0) is 21.5. The number of nitrogens with one attached hydrogen (secondary N) is 1. The first-order valence-electron chi connectivity index (χ1n) is 9.01. The number of hydrogen-bond acceptors (Lipinski definition) is 5. The van der Waals surface area contributed by atoms with Crippen LogP contribution >= 0.6 is 11.3 Å². The van der Waals surface area contributed by atoms with Crippen LogP contribution in [0.1, 0.15) is 18.2 Å². The number of nitrogens with zero attached hydrogens (tertiary/aromatic N) is 2. The van der Waals surface area contributed by atoms with Crippen LogP contribution in [0.15, 0.2) is 47.8 Å². The number of amides is 3. The van der Waals surface area contributed by atoms with Gasteiger partial charge in [0.15, 0.2) is 0 Å². The van der Waals surface area contributed by atoms with E-state index < -0.39 is 29.1 Å². The van der Waals surface area contributed by atoms with Gasteiger partial charge in [0.05, 0.1) is 24.9 Å². The maximum Gasteiger partial charge on any atom is 0.325 e. The van der Waals surface area contributed by atoms with E-state index in [1.165, 1.54) is 18.3 Å². The smallest absolute Gasteiger partial charge is 0.325 e. The molecular weight excluding hydrogens is 412 g/mol. The number of urea groups is 1. The highest BCUT2D eigenvalue weighted by Crippen LogP contribution is 2.34. The van der Waals surface area contributed by atoms with Crippen LogP contribution in [0, 0.1) is 11.6 Å². The highest BCUT2D eigenvalue weighted by molar-refractivity contribution is 7.13. The summed E-state index contributed by atoms with van der Waals surface area (Å²) >= 11 is 1.35. The van der Waals surface area contributed by atoms with Crippen molar-refractivity contribution in [2.45, 2.75) is 19.0 Å². The minimum Gasteiger partial charge on any atom is -0.496 e. The van der Waals surface area contributed by atoms with Gasteiger partial charge >= 0.3 is 6.03 Å². The van der Waals surface area contributed by atoms with Crippen LogP contribution < -0.4 is 10.1 Å². The molecule has 1 fully saturated rings. The summed E-state index contributed by atoms with van der Waals surface area (Å²) in [6, 6.07) is 9.48. The monoisotopic (exact) mass is 429 g/mol. The molecular formula is C21H17F2N3O3S. The Balaban J connectivity index is 1.61. The van der Waals surface area contributed by atoms with Gasteiger partial charge in [-0.1, -0.05) is 12.1 Å². The molecule has 1 aliphatic heterocycles. The largest absolute Gasteiger partial charge is 0.496 e. The number of imide groups is 1. The van der Waals surface area contributed by atoms with Crippen LogP contribution in [-0.4, -0.2) is 28.9 Å². The van der Waals surface area contributed by atoms with Crippen LogP contribution in [0.4, 0.5) is 13.6 Å². The Morgan fingerprint density at radius 3 is 2.73 bits per heavy atom. The maximum absolute atomic E-state index is 14.3. The van der Waals surface area contributed by atoms with Crippen LogP contribution in [-0.2, 0) is 16.9 Å². The van der Waals surface area contributed by atoms with E-state index in [4.69, 9.17) is 4.74 Å². The van der Waals surface area contributed by atoms with Gasteiger partial charge in [-0.25, -0.2) is 18.6 Å². The Bertz CT molecular complexity index is 1150. The number of halogens is 2. The van der Waals surface area contributed by atoms with Crippen LogP contribution in [0.25, 0.3) is 10.6 Å². The highest BCUT2D eigenvalue weighted by atomic mass is 32.1. The first kappa shape index (κ1) is 20.0. The zero-order valence-corrected chi connectivity index (χ0v) is 16.9. The number of aromatic nitrogens is 1. The zero-order valence-electron chi connectivity index (χ0n) is 16.1. The number of carbonyl (C=O) groups is 2. The topological polar surface area (TPSA) is 71.5 Å². The van der Waals surface area contributed by atoms with Gasteiger partial charge in [-0.05, 0) is 37.3 Å². The quantitative estimate of drug-likeness (QED) is 0.621. The number of ether oxygens (including phenoxy) is 1. The van der Waals surface area contributed by atoms with Gasteiger partial charge in [-0.2, -0.15) is 0 Å². The molecule has 2 aromatic carbocycles. The Kier molecular flexibility index (Phi) is 4.98. The standard InChI is InChI=1S/C21H17F2N3O3S/c1-21(15-9-12(22)7-8-16(15)23)19(27)26(20(28)25-21)10-13-11-30-18(24-13)14-5-3-4-6-17(14)29-2/h3-9,11H,10H2,1-2H3,(H,25,28). The average Bonchev–Trinajstić information content (AvgIpc) is 3.29. The third kappa shape index (κ3) is 3.30. The summed E-state index contributed by atoms with van der Waals surface area (Å²) in [6.45, 7) is 1.26. The molecule has 0 saturated carbocycles. The molecule has 1 unspecified atom stereocenters. The fourth-order valence-electron chi connectivity index (χ4n) is 3.39. The van der Waals surface area contributed by atoms with E-state index in [1.54, 1.807) is 12.5 Å². The molecule has 1 saturated heterocycles. The summed E-state index contributed by atoms with van der Waals surface area (Å²) in [5, 5.41) is 4.89. The highest BCUT2D eigenvalue weighted by Gasteiger charge is 2.50. The van der Waals surface area contributed by atoms with E-state index in [0.717, 1.165) is 28.7 Å². The van der Waals surface area contributed by atoms with Crippen molar-refractivity contribution in [2.75, 3.05) is 7.11 Å². The molecule has 1 atom stereocenters. The predicted molar refractivity (Wildman–Crippen MR) is 107 cm³/mol. The molecule has 3 aromatic rings. The van der Waals surface area contributed by atoms with Crippen molar-refractivity contribution in [3.63, 3.8) is 0 Å². The second-order valence-corrected chi connectivity index (χ2v) is 7.77. The van der Waals surface area contributed by atoms with Gasteiger partial charge in [0.25, 0.3) is 5.91 Å². The second kappa shape index (κ2) is 7.49. The van der Waals surface area contributed by atoms with E-state index in [-0.39, 0.29) is 12.1 Å². The van der Waals surface area contributed by atoms with E-state index in [2.05, 4.69) is 10.3 Å². The lowest BCUT2D eigenvalue weighted by molar-refractivity contribution is -0.131. The summed E-state index contributed by atoms with van der Waals surface area (Å²) in [6.07, 6.45) is 0. The molecule has 1 aromatic heterocycles. The number of benzene rings is 2. The van der Waals surface area contributed by atoms with Crippen LogP contribution in [0.2, 0.25) is 0 Å². The normalized spacial score (nSPS) is 18.6. The van der Waals surface area contributed by atoms with Crippen LogP contribution in [0.5, 0.6) is 5.75 Å². The van der Waals surface area contributed by atoms with Gasteiger partial charge in [0.1, 0.15) is 27.9 Å². The Morgan fingerprint density at radius 1 is 1.20 bits per heavy atom. The molecule has 1 N–H and O–H groups in total. The summed E-state index contributed by atoms with van der Waals surface area (Å²) in [4.78, 5) is 30.9. The third-order valence-corrected chi connectivity index (χ3v) is 5.88. The van der Waals surface area contributed by atoms with Crippen molar-refractivity contribution in [1.82, 2.24) is 15.2 Å². The van der Waals surface area contributed by atoms with Crippen molar-refractivity contribution in [1.29, 1.82) is 0 Å². The number of hydrogen-bond donors (Lipinski definition) is 1. The third-order valence-electron chi connectivity index (χ3n) is 4.95. The lowest BCUT2D eigenvalue weighted by Gasteiger charge is -2.22. The lowest BCUT2D eigenvalue weighted by Crippen LogP contribution is -2.41. The molecule has 3 amide bonds. The van der Waals surface area contributed by atoms with Crippen molar-refractivity contribution >= 4 is 23.3 Å². The van der Waals surface area contributed by atoms with Crippen LogP contribution in [0.3, 0.4) is 0 Å². The molecule has 30 heavy (non-hydrogen) atoms. The first-order chi connectivity index (χ1) is 14.3. The molecule has 0 radical (unpaired) electrons. The second-order valence-electron chi connectivity index (χ2n) is 6.91. The van der Waals surface area contributed by atoms with Gasteiger partial charge in [0, 0.05) is 10.9 Å². The fourth-order valence-corrected chi connectivity index (χ4v) is 4.23. The molecule has 0 bridgehead atoms. The number of methoxy groups -OCH3 is 1. The minimum atomic E-state index is -1.70. The number of rotatable bonds is 5. The summed E-state index contributed by atoms with van der Waals surface area (Å²) < 4.78 is 33.3. The van der Waals surface area contributed by atoms with E-state index in [0.29, 0.717) is 16.5 Å². The van der Waals surface area contributed by atoms with Gasteiger partial charge in [-0.3, -0.25) is 9.69 Å². The van der Waals surface area contributed by atoms with Gasteiger partial charge in [0.2, 0.25) is 0 Å². The van der Waals surface area contributed by atoms with E-state index in [9.17, 15) is 18.4 Å². The summed E-state index contributed by atoms with van der Waals surface area (Å²) in [7, 11) is 1.56. The minimum absolute atomic E-state index is 0.0944. The molecule has 154 valence electrons. The molecule has 1 aliphatic rings. The Hall–Kier alpha value is -3.33. The summed E-state index contributed by atoms with van der Waals surface area (Å²) in [5.74, 6) is -1.50. The van der Waals surface area contributed by atoms with Crippen molar-refractivity contribution in [3.05, 3.63) is 70.7 Å². The fraction of sp³-hybridized carbons (Fsp3) is 0.190. The number of carbonyl (C=O) groups excluding carboxylic acids is 2. The van der Waals surface area contributed by atoms with Crippen molar-refractivity contribution in [2.24, 2.45) is 0 Å². The molecule has 9 heteroatoms. The molecule has 0 aliphatic carbocycles. The molecule has 2 heterocycles. The number of para-hydroxylation sites is 1. The number of thiazole rings is 1. The summed E-state index contributed by atoms with van der Waals surface area (Å²) in [5.41, 5.74) is -0.644. The SMILES string of the molecule is COc1ccccc1-c1nc(CN2C(=O)NC(C)(c3cc(F)ccc3F)C2=O)cs1. The van der Waals surface area contributed by atoms with E-state index in [1.807, 2.05) is 24.3 Å². The van der Waals surface area contributed by atoms with Crippen molar-refractivity contribution in [3.8, 4) is 16.3 Å². The van der Waals surface area contributed by atoms with Gasteiger partial charge < -0.3 is 10.1 Å². The molecule has 6 nitrogen and oxygen atoms in total. The molecule has 4 rings (SSSR count). The average molecular weight is 429 g/mol. The Labute approximate surface area is 175 Å². The first-order valence-corrected chi connectivity index (χ1v) is 9.89. The predicted octanol–water partition coefficient (Wildman–Crippen LogP) is 4.06. The lowest BCUT2D eigenvalue weighted by atomic mass is 9.91. The van der Waals surface area contributed by atoms with Gasteiger partial charge in [-0.15, -0.1) is 11.3 Å². The van der Waals surface area contributed by atoms with E-state index >= 15 is 0 Å².